The molecule has 31 heavy (non-hydrogen) atoms. The molecule has 0 spiro atoms. The van der Waals surface area contributed by atoms with Crippen LogP contribution in [-0.4, -0.2) is 18.3 Å². The van der Waals surface area contributed by atoms with Crippen molar-refractivity contribution < 1.29 is 14.3 Å². The predicted octanol–water partition coefficient (Wildman–Crippen LogP) is 5.86. The van der Waals surface area contributed by atoms with E-state index in [9.17, 15) is 9.59 Å². The molecule has 2 aliphatic carbocycles. The minimum absolute atomic E-state index is 0.00176. The number of amides is 1. The molecule has 2 atom stereocenters. The van der Waals surface area contributed by atoms with E-state index in [0.717, 1.165) is 48.1 Å². The first kappa shape index (κ1) is 23.3. The van der Waals surface area contributed by atoms with Crippen LogP contribution in [-0.2, 0) is 16.1 Å². The van der Waals surface area contributed by atoms with Crippen molar-refractivity contribution in [1.29, 1.82) is 0 Å². The second-order valence-electron chi connectivity index (χ2n) is 9.77. The molecule has 1 N–H and O–H groups in total. The molecule has 2 saturated carbocycles. The van der Waals surface area contributed by atoms with Crippen molar-refractivity contribution in [3.05, 3.63) is 47.6 Å². The van der Waals surface area contributed by atoms with Gasteiger partial charge >= 0.3 is 0 Å². The Labute approximate surface area is 187 Å². The van der Waals surface area contributed by atoms with Gasteiger partial charge < -0.3 is 10.1 Å². The second-order valence-corrected chi connectivity index (χ2v) is 9.77. The molecule has 2 unspecified atom stereocenters. The average molecular weight is 424 g/mol. The Morgan fingerprint density at radius 2 is 2.03 bits per heavy atom. The molecule has 2 bridgehead atoms. The third-order valence-electron chi connectivity index (χ3n) is 7.67. The number of carbonyl (C=O) groups excluding carboxylic acids is 2. The van der Waals surface area contributed by atoms with Gasteiger partial charge in [-0.15, -0.1) is 0 Å². The van der Waals surface area contributed by atoms with E-state index in [2.05, 4.69) is 45.7 Å². The number of hydrogen-bond donors (Lipinski definition) is 1. The predicted molar refractivity (Wildman–Crippen MR) is 126 cm³/mol. The average Bonchev–Trinajstić information content (AvgIpc) is 3.06. The Morgan fingerprint density at radius 1 is 1.26 bits per heavy atom. The highest BCUT2D eigenvalue weighted by Gasteiger charge is 2.63. The topological polar surface area (TPSA) is 55.4 Å². The maximum Gasteiger partial charge on any atom is 0.243 e. The van der Waals surface area contributed by atoms with Crippen LogP contribution in [0.25, 0.3) is 6.08 Å². The number of carbonyl (C=O) groups is 2. The molecule has 4 heteroatoms. The van der Waals surface area contributed by atoms with E-state index in [-0.39, 0.29) is 16.7 Å². The normalized spacial score (nSPS) is 25.1. The van der Waals surface area contributed by atoms with Gasteiger partial charge in [0.1, 0.15) is 5.75 Å². The fourth-order valence-electron chi connectivity index (χ4n) is 5.21. The summed E-state index contributed by atoms with van der Waals surface area (Å²) in [7, 11) is 0. The number of ketones is 1. The highest BCUT2D eigenvalue weighted by atomic mass is 16.5. The maximum atomic E-state index is 13.2. The molecule has 0 radical (unpaired) electrons. The summed E-state index contributed by atoms with van der Waals surface area (Å²) in [6.45, 7) is 13.3. The highest BCUT2D eigenvalue weighted by molar-refractivity contribution is 6.08. The van der Waals surface area contributed by atoms with Gasteiger partial charge in [0.05, 0.1) is 6.61 Å². The van der Waals surface area contributed by atoms with Gasteiger partial charge in [0, 0.05) is 17.5 Å². The van der Waals surface area contributed by atoms with Gasteiger partial charge in [-0.1, -0.05) is 59.6 Å². The summed E-state index contributed by atoms with van der Waals surface area (Å²) in [5.74, 6) is 1.18. The molecule has 1 amide bonds. The van der Waals surface area contributed by atoms with Crippen molar-refractivity contribution in [2.24, 2.45) is 16.7 Å². The van der Waals surface area contributed by atoms with Crippen LogP contribution in [0.2, 0.25) is 0 Å². The number of allylic oxidation sites excluding steroid dienone is 1. The summed E-state index contributed by atoms with van der Waals surface area (Å²) >= 11 is 0. The largest absolute Gasteiger partial charge is 0.493 e. The molecule has 3 rings (SSSR count). The van der Waals surface area contributed by atoms with E-state index in [1.54, 1.807) is 0 Å². The number of benzene rings is 1. The SMILES string of the molecule is C=CC(=O)NCc1cc(C=C2C(=O)C3(C)CCC2C3(C)C)ccc1OCCCCCC. The fraction of sp³-hybridized carbons (Fsp3) is 0.556. The molecule has 0 aliphatic heterocycles. The molecule has 1 aromatic rings. The summed E-state index contributed by atoms with van der Waals surface area (Å²) < 4.78 is 6.03. The Kier molecular flexibility index (Phi) is 7.08. The van der Waals surface area contributed by atoms with Crippen LogP contribution in [0.4, 0.5) is 0 Å². The third kappa shape index (κ3) is 4.49. The van der Waals surface area contributed by atoms with E-state index in [4.69, 9.17) is 4.74 Å². The minimum Gasteiger partial charge on any atom is -0.493 e. The van der Waals surface area contributed by atoms with Crippen LogP contribution < -0.4 is 10.1 Å². The van der Waals surface area contributed by atoms with E-state index < -0.39 is 0 Å². The number of Topliss-reactive ketones (excluding diaryl/α,β-unsaturated/α-hetero) is 1. The molecule has 0 saturated heterocycles. The van der Waals surface area contributed by atoms with Crippen LogP contribution in [0, 0.1) is 16.7 Å². The van der Waals surface area contributed by atoms with E-state index in [1.165, 1.54) is 18.9 Å². The highest BCUT2D eigenvalue weighted by Crippen LogP contribution is 2.65. The van der Waals surface area contributed by atoms with Gasteiger partial charge in [0.15, 0.2) is 5.78 Å². The third-order valence-corrected chi connectivity index (χ3v) is 7.67. The van der Waals surface area contributed by atoms with E-state index >= 15 is 0 Å². The molecular weight excluding hydrogens is 386 g/mol. The van der Waals surface area contributed by atoms with Crippen LogP contribution in [0.3, 0.4) is 0 Å². The van der Waals surface area contributed by atoms with Crippen LogP contribution in [0.15, 0.2) is 36.4 Å². The zero-order valence-corrected chi connectivity index (χ0v) is 19.6. The summed E-state index contributed by atoms with van der Waals surface area (Å²) in [5.41, 5.74) is 2.59. The number of rotatable bonds is 10. The summed E-state index contributed by atoms with van der Waals surface area (Å²) in [6.07, 6.45) is 9.95. The smallest absolute Gasteiger partial charge is 0.243 e. The van der Waals surface area contributed by atoms with Crippen LogP contribution >= 0.6 is 0 Å². The Bertz CT molecular complexity index is 882. The zero-order chi connectivity index (χ0) is 22.6. The van der Waals surface area contributed by atoms with E-state index in [1.807, 2.05) is 18.2 Å². The molecule has 2 fully saturated rings. The molecular formula is C27H37NO3. The van der Waals surface area contributed by atoms with Crippen LogP contribution in [0.1, 0.15) is 77.3 Å². The lowest BCUT2D eigenvalue weighted by molar-refractivity contribution is -0.125. The number of nitrogens with one attached hydrogen (secondary N) is 1. The van der Waals surface area contributed by atoms with Gasteiger partial charge in [-0.3, -0.25) is 9.59 Å². The van der Waals surface area contributed by atoms with Crippen molar-refractivity contribution in [1.82, 2.24) is 5.32 Å². The van der Waals surface area contributed by atoms with E-state index in [0.29, 0.717) is 24.9 Å². The first-order valence-electron chi connectivity index (χ1n) is 11.7. The summed E-state index contributed by atoms with van der Waals surface area (Å²) in [6, 6.07) is 6.01. The van der Waals surface area contributed by atoms with Gasteiger partial charge in [-0.2, -0.15) is 0 Å². The quantitative estimate of drug-likeness (QED) is 0.379. The monoisotopic (exact) mass is 423 g/mol. The Balaban J connectivity index is 1.83. The molecule has 168 valence electrons. The van der Waals surface area contributed by atoms with Gasteiger partial charge in [-0.25, -0.2) is 0 Å². The summed E-state index contributed by atoms with van der Waals surface area (Å²) in [4.78, 5) is 24.9. The molecule has 0 heterocycles. The zero-order valence-electron chi connectivity index (χ0n) is 19.6. The summed E-state index contributed by atoms with van der Waals surface area (Å²) in [5, 5.41) is 2.85. The lowest BCUT2D eigenvalue weighted by Crippen LogP contribution is -2.32. The van der Waals surface area contributed by atoms with Crippen molar-refractivity contribution >= 4 is 17.8 Å². The van der Waals surface area contributed by atoms with Crippen molar-refractivity contribution in [3.63, 3.8) is 0 Å². The van der Waals surface area contributed by atoms with Gasteiger partial charge in [-0.05, 0) is 66.0 Å². The van der Waals surface area contributed by atoms with Crippen molar-refractivity contribution in [3.8, 4) is 5.75 Å². The van der Waals surface area contributed by atoms with Crippen LogP contribution in [0.5, 0.6) is 5.75 Å². The standard InChI is InChI=1S/C27H37NO3/c1-6-8-9-10-15-31-23-12-11-19(16-20(23)18-28-24(29)7-2)17-21-22-13-14-27(5,25(21)30)26(22,3)4/h7,11-12,16-17,22H,2,6,8-10,13-15,18H2,1,3-5H3,(H,28,29). The number of unbranched alkanes of at least 4 members (excludes halogenated alkanes) is 3. The van der Waals surface area contributed by atoms with Crippen molar-refractivity contribution in [2.75, 3.05) is 6.61 Å². The number of fused-ring (bicyclic) bond motifs is 2. The fourth-order valence-corrected chi connectivity index (χ4v) is 5.21. The molecule has 1 aromatic carbocycles. The molecule has 0 aromatic heterocycles. The maximum absolute atomic E-state index is 13.2. The Morgan fingerprint density at radius 3 is 2.68 bits per heavy atom. The first-order chi connectivity index (χ1) is 14.7. The number of ether oxygens (including phenoxy) is 1. The molecule has 4 nitrogen and oxygen atoms in total. The second kappa shape index (κ2) is 9.42. The van der Waals surface area contributed by atoms with Gasteiger partial charge in [0.25, 0.3) is 0 Å². The van der Waals surface area contributed by atoms with Crippen molar-refractivity contribution in [2.45, 2.75) is 72.8 Å². The molecule has 2 aliphatic rings. The number of hydrogen-bond acceptors (Lipinski definition) is 3. The lowest BCUT2D eigenvalue weighted by atomic mass is 9.70. The first-order valence-corrected chi connectivity index (χ1v) is 11.7. The lowest BCUT2D eigenvalue weighted by Gasteiger charge is -2.31. The Hall–Kier alpha value is -2.36. The minimum atomic E-state index is -0.258. The van der Waals surface area contributed by atoms with Gasteiger partial charge in [0.2, 0.25) is 5.91 Å².